The molecular formula is C30H31FN4O4S. The van der Waals surface area contributed by atoms with Gasteiger partial charge in [0.15, 0.2) is 0 Å². The zero-order chi connectivity index (χ0) is 28.2. The Bertz CT molecular complexity index is 1600. The minimum atomic E-state index is -4.04. The molecule has 1 spiro atoms. The highest BCUT2D eigenvalue weighted by Gasteiger charge is 2.60. The van der Waals surface area contributed by atoms with E-state index in [1.807, 2.05) is 19.1 Å². The summed E-state index contributed by atoms with van der Waals surface area (Å²) >= 11 is 0. The first-order chi connectivity index (χ1) is 19.1. The lowest BCUT2D eigenvalue weighted by atomic mass is 9.68. The Balaban J connectivity index is 1.46. The van der Waals surface area contributed by atoms with Gasteiger partial charge in [0.25, 0.3) is 15.9 Å². The van der Waals surface area contributed by atoms with Gasteiger partial charge in [-0.1, -0.05) is 0 Å². The quantitative estimate of drug-likeness (QED) is 0.488. The summed E-state index contributed by atoms with van der Waals surface area (Å²) in [4.78, 5) is 31.6. The average molecular weight is 563 g/mol. The second-order valence-corrected chi connectivity index (χ2v) is 12.9. The summed E-state index contributed by atoms with van der Waals surface area (Å²) in [6.45, 7) is 4.47. The Morgan fingerprint density at radius 2 is 1.73 bits per heavy atom. The molecule has 1 saturated carbocycles. The van der Waals surface area contributed by atoms with E-state index in [4.69, 9.17) is 0 Å². The molecule has 2 aliphatic heterocycles. The largest absolute Gasteiger partial charge is 0.343 e. The normalized spacial score (nSPS) is 19.9. The Morgan fingerprint density at radius 1 is 1.02 bits per heavy atom. The van der Waals surface area contributed by atoms with Crippen LogP contribution in [0.2, 0.25) is 0 Å². The van der Waals surface area contributed by atoms with Gasteiger partial charge in [0.1, 0.15) is 11.6 Å². The number of halogens is 1. The molecule has 0 radical (unpaired) electrons. The van der Waals surface area contributed by atoms with Crippen molar-refractivity contribution in [1.29, 1.82) is 0 Å². The summed E-state index contributed by atoms with van der Waals surface area (Å²) in [5.74, 6) is -0.261. The van der Waals surface area contributed by atoms with Crippen molar-refractivity contribution in [2.24, 2.45) is 5.92 Å². The smallest absolute Gasteiger partial charge is 0.264 e. The third-order valence-electron chi connectivity index (χ3n) is 8.55. The van der Waals surface area contributed by atoms with Crippen LogP contribution in [-0.2, 0) is 20.2 Å². The topological polar surface area (TPSA) is 99.7 Å². The van der Waals surface area contributed by atoms with E-state index in [2.05, 4.69) is 10.3 Å². The molecule has 2 aromatic carbocycles. The van der Waals surface area contributed by atoms with E-state index in [9.17, 15) is 22.4 Å². The maximum Gasteiger partial charge on any atom is 0.264 e. The Labute approximate surface area is 233 Å². The molecule has 40 heavy (non-hydrogen) atoms. The van der Waals surface area contributed by atoms with Crippen LogP contribution in [-0.4, -0.2) is 49.2 Å². The number of anilines is 2. The van der Waals surface area contributed by atoms with Gasteiger partial charge < -0.3 is 10.2 Å². The van der Waals surface area contributed by atoms with Crippen molar-refractivity contribution >= 4 is 33.3 Å². The van der Waals surface area contributed by atoms with E-state index in [1.165, 1.54) is 16.4 Å². The van der Waals surface area contributed by atoms with Crippen LogP contribution in [0.4, 0.5) is 15.9 Å². The van der Waals surface area contributed by atoms with Crippen LogP contribution in [0.25, 0.3) is 0 Å². The molecule has 3 aromatic rings. The highest BCUT2D eigenvalue weighted by molar-refractivity contribution is 7.92. The highest BCUT2D eigenvalue weighted by Crippen LogP contribution is 2.59. The Hall–Kier alpha value is -3.79. The summed E-state index contributed by atoms with van der Waals surface area (Å²) in [5, 5.41) is 2.85. The van der Waals surface area contributed by atoms with Crippen LogP contribution in [0.5, 0.6) is 0 Å². The van der Waals surface area contributed by atoms with Gasteiger partial charge in [-0.15, -0.1) is 0 Å². The van der Waals surface area contributed by atoms with E-state index in [0.29, 0.717) is 43.0 Å². The number of aromatic nitrogens is 1. The molecule has 1 aromatic heterocycles. The number of pyridine rings is 1. The zero-order valence-corrected chi connectivity index (χ0v) is 23.2. The molecule has 1 atom stereocenters. The zero-order valence-electron chi connectivity index (χ0n) is 22.4. The maximum atomic E-state index is 14.2. The lowest BCUT2D eigenvalue weighted by Gasteiger charge is -2.45. The molecule has 3 heterocycles. The van der Waals surface area contributed by atoms with E-state index in [-0.39, 0.29) is 28.7 Å². The number of benzene rings is 2. The highest BCUT2D eigenvalue weighted by atomic mass is 32.2. The standard InChI is InChI=1S/C30H31FN4O4S/c1-19-11-14-32-27(17-19)33-29(37)22-5-10-26-25(18-22)30(12-15-34(16-13-30)20(2)36)28(21-3-4-21)35(26)40(38,39)24-8-6-23(31)7-9-24/h5-11,14,17-18,21,28H,3-4,12-13,15-16H2,1-2H3,(H,32,33,37). The first-order valence-corrected chi connectivity index (χ1v) is 15.0. The lowest BCUT2D eigenvalue weighted by Crippen LogP contribution is -2.54. The molecular weight excluding hydrogens is 531 g/mol. The predicted octanol–water partition coefficient (Wildman–Crippen LogP) is 4.65. The Kier molecular flexibility index (Phi) is 6.40. The van der Waals surface area contributed by atoms with E-state index in [0.717, 1.165) is 36.1 Å². The predicted molar refractivity (Wildman–Crippen MR) is 149 cm³/mol. The fraction of sp³-hybridized carbons (Fsp3) is 0.367. The molecule has 6 rings (SSSR count). The number of carbonyl (C=O) groups is 2. The summed E-state index contributed by atoms with van der Waals surface area (Å²) in [7, 11) is -4.04. The maximum absolute atomic E-state index is 14.2. The first-order valence-electron chi connectivity index (χ1n) is 13.5. The van der Waals surface area contributed by atoms with Gasteiger partial charge in [0, 0.05) is 37.2 Å². The molecule has 2 fully saturated rings. The fourth-order valence-corrected chi connectivity index (χ4v) is 8.23. The summed E-state index contributed by atoms with van der Waals surface area (Å²) < 4.78 is 43.6. The van der Waals surface area contributed by atoms with Gasteiger partial charge in [-0.25, -0.2) is 17.8 Å². The van der Waals surface area contributed by atoms with Gasteiger partial charge in [-0.2, -0.15) is 0 Å². The number of likely N-dealkylation sites (tertiary alicyclic amines) is 1. The molecule has 0 bridgehead atoms. The lowest BCUT2D eigenvalue weighted by molar-refractivity contribution is -0.130. The number of aryl methyl sites for hydroxylation is 1. The third kappa shape index (κ3) is 4.44. The SMILES string of the molecule is CC(=O)N1CCC2(CC1)c1cc(C(=O)Nc3cc(C)ccn3)ccc1N(S(=O)(=O)c1ccc(F)cc1)C2C1CC1. The van der Waals surface area contributed by atoms with Gasteiger partial charge >= 0.3 is 0 Å². The molecule has 1 saturated heterocycles. The molecule has 8 nitrogen and oxygen atoms in total. The number of fused-ring (bicyclic) bond motifs is 2. The molecule has 1 N–H and O–H groups in total. The van der Waals surface area contributed by atoms with Crippen LogP contribution in [0, 0.1) is 18.7 Å². The summed E-state index contributed by atoms with van der Waals surface area (Å²) in [5.41, 5.74) is 2.16. The Morgan fingerprint density at radius 3 is 2.35 bits per heavy atom. The number of carbonyl (C=O) groups excluding carboxylic acids is 2. The van der Waals surface area contributed by atoms with Gasteiger partial charge in [-0.05, 0) is 104 Å². The number of piperidine rings is 1. The number of hydrogen-bond acceptors (Lipinski definition) is 5. The van der Waals surface area contributed by atoms with Crippen LogP contribution in [0.3, 0.4) is 0 Å². The number of amides is 2. The van der Waals surface area contributed by atoms with Crippen molar-refractivity contribution < 1.29 is 22.4 Å². The van der Waals surface area contributed by atoms with Crippen molar-refractivity contribution in [1.82, 2.24) is 9.88 Å². The number of sulfonamides is 1. The number of nitrogens with zero attached hydrogens (tertiary/aromatic N) is 3. The average Bonchev–Trinajstić information content (AvgIpc) is 3.73. The first kappa shape index (κ1) is 26.4. The summed E-state index contributed by atoms with van der Waals surface area (Å²) in [6, 6.07) is 13.4. The number of rotatable bonds is 5. The minimum absolute atomic E-state index is 0.00869. The second kappa shape index (κ2) is 9.69. The minimum Gasteiger partial charge on any atom is -0.343 e. The van der Waals surface area contributed by atoms with Gasteiger partial charge in [0.2, 0.25) is 5.91 Å². The molecule has 208 valence electrons. The van der Waals surface area contributed by atoms with E-state index < -0.39 is 21.3 Å². The third-order valence-corrected chi connectivity index (χ3v) is 10.4. The van der Waals surface area contributed by atoms with Crippen LogP contribution >= 0.6 is 0 Å². The summed E-state index contributed by atoms with van der Waals surface area (Å²) in [6.07, 6.45) is 4.60. The molecule has 2 amide bonds. The van der Waals surface area contributed by atoms with Crippen LogP contribution < -0.4 is 9.62 Å². The van der Waals surface area contributed by atoms with Crippen molar-refractivity contribution in [3.8, 4) is 0 Å². The number of hydrogen-bond donors (Lipinski definition) is 1. The number of nitrogens with one attached hydrogen (secondary N) is 1. The van der Waals surface area contributed by atoms with E-state index in [1.54, 1.807) is 36.2 Å². The van der Waals surface area contributed by atoms with Gasteiger partial charge in [0.05, 0.1) is 16.6 Å². The van der Waals surface area contributed by atoms with Crippen LogP contribution in [0.15, 0.2) is 65.7 Å². The second-order valence-electron chi connectivity index (χ2n) is 11.1. The molecule has 3 aliphatic rings. The van der Waals surface area contributed by atoms with Crippen molar-refractivity contribution in [2.75, 3.05) is 22.7 Å². The van der Waals surface area contributed by atoms with Crippen molar-refractivity contribution in [3.05, 3.63) is 83.3 Å². The molecule has 1 unspecified atom stereocenters. The molecule has 1 aliphatic carbocycles. The monoisotopic (exact) mass is 562 g/mol. The van der Waals surface area contributed by atoms with Crippen molar-refractivity contribution in [3.63, 3.8) is 0 Å². The van der Waals surface area contributed by atoms with Gasteiger partial charge in [-0.3, -0.25) is 13.9 Å². The van der Waals surface area contributed by atoms with Crippen molar-refractivity contribution in [2.45, 2.75) is 55.9 Å². The molecule has 10 heteroatoms. The van der Waals surface area contributed by atoms with E-state index >= 15 is 0 Å². The fourth-order valence-electron chi connectivity index (χ4n) is 6.43. The van der Waals surface area contributed by atoms with Crippen LogP contribution in [0.1, 0.15) is 54.1 Å².